The molecule has 0 amide bonds. The van der Waals surface area contributed by atoms with Crippen LogP contribution >= 0.6 is 0 Å². The maximum absolute atomic E-state index is 13.9. The van der Waals surface area contributed by atoms with Crippen LogP contribution in [0, 0.1) is 11.6 Å². The van der Waals surface area contributed by atoms with Crippen molar-refractivity contribution in [2.45, 2.75) is 37.6 Å². The summed E-state index contributed by atoms with van der Waals surface area (Å²) in [5.41, 5.74) is 0.207. The van der Waals surface area contributed by atoms with Gasteiger partial charge in [0.15, 0.2) is 0 Å². The smallest absolute Gasteiger partial charge is 0.335 e. The van der Waals surface area contributed by atoms with Crippen LogP contribution in [0.25, 0.3) is 0 Å². The summed E-state index contributed by atoms with van der Waals surface area (Å²) in [5, 5.41) is 17.4. The fraction of sp³-hybridized carbons (Fsp3) is 0.333. The minimum Gasteiger partial charge on any atom is -0.390 e. The Labute approximate surface area is 199 Å². The Morgan fingerprint density at radius 1 is 1.29 bits per heavy atom. The highest BCUT2D eigenvalue weighted by Gasteiger charge is 2.37. The molecule has 1 saturated carbocycles. The Bertz CT molecular complexity index is 1340. The highest BCUT2D eigenvalue weighted by Crippen LogP contribution is 2.27. The fourth-order valence-corrected chi connectivity index (χ4v) is 4.39. The van der Waals surface area contributed by atoms with Crippen LogP contribution in [0.1, 0.15) is 34.5 Å². The van der Waals surface area contributed by atoms with Crippen LogP contribution in [-0.2, 0) is 21.0 Å². The maximum atomic E-state index is 13.9. The van der Waals surface area contributed by atoms with Gasteiger partial charge < -0.3 is 10.4 Å². The quantitative estimate of drug-likeness (QED) is 0.360. The number of ketones is 1. The van der Waals surface area contributed by atoms with Crippen LogP contribution in [0.4, 0.5) is 14.6 Å². The zero-order chi connectivity index (χ0) is 25.2. The van der Waals surface area contributed by atoms with Crippen LogP contribution in [0.15, 0.2) is 43.0 Å². The molecule has 11 nitrogen and oxygen atoms in total. The molecule has 0 radical (unpaired) electrons. The molecule has 2 heterocycles. The summed E-state index contributed by atoms with van der Waals surface area (Å²) in [6.07, 6.45) is 2.29. The van der Waals surface area contributed by atoms with E-state index in [0.717, 1.165) is 18.2 Å². The van der Waals surface area contributed by atoms with Gasteiger partial charge in [0.1, 0.15) is 35.6 Å². The van der Waals surface area contributed by atoms with Crippen molar-refractivity contribution in [3.05, 3.63) is 71.4 Å². The van der Waals surface area contributed by atoms with Crippen molar-refractivity contribution in [3.8, 4) is 0 Å². The van der Waals surface area contributed by atoms with Gasteiger partial charge in [-0.2, -0.15) is 18.2 Å². The average molecular weight is 509 g/mol. The number of hydrogen-bond acceptors (Lipinski definition) is 9. The summed E-state index contributed by atoms with van der Waals surface area (Å²) >= 11 is 0. The summed E-state index contributed by atoms with van der Waals surface area (Å²) in [5.74, 6) is -1.53. The number of nitrogens with zero attached hydrogens (tertiary/aromatic N) is 4. The molecule has 2 aromatic heterocycles. The second-order valence-electron chi connectivity index (χ2n) is 7.92. The first-order valence-corrected chi connectivity index (χ1v) is 11.9. The van der Waals surface area contributed by atoms with E-state index in [1.165, 1.54) is 36.5 Å². The Morgan fingerprint density at radius 3 is 2.86 bits per heavy atom. The summed E-state index contributed by atoms with van der Waals surface area (Å²) in [7, 11) is -2.79. The Hall–Kier alpha value is -3.33. The van der Waals surface area contributed by atoms with Gasteiger partial charge in [0.2, 0.25) is 5.78 Å². The van der Waals surface area contributed by atoms with Gasteiger partial charge in [-0.25, -0.2) is 18.7 Å². The number of aliphatic hydroxyl groups excluding tert-OH is 1. The molecule has 0 bridgehead atoms. The molecule has 1 fully saturated rings. The summed E-state index contributed by atoms with van der Waals surface area (Å²) in [6, 6.07) is 4.08. The second kappa shape index (κ2) is 10.1. The number of aromatic nitrogens is 4. The van der Waals surface area contributed by atoms with Crippen molar-refractivity contribution in [1.29, 1.82) is 0 Å². The third-order valence-corrected chi connectivity index (χ3v) is 6.48. The van der Waals surface area contributed by atoms with E-state index in [4.69, 9.17) is 4.18 Å². The van der Waals surface area contributed by atoms with E-state index >= 15 is 0 Å². The summed E-state index contributed by atoms with van der Waals surface area (Å²) in [6.45, 7) is -0.0792. The zero-order valence-corrected chi connectivity index (χ0v) is 19.2. The van der Waals surface area contributed by atoms with Crippen molar-refractivity contribution in [2.24, 2.45) is 0 Å². The predicted octanol–water partition coefficient (Wildman–Crippen LogP) is 1.02. The van der Waals surface area contributed by atoms with Crippen LogP contribution in [0.3, 0.4) is 0 Å². The molecule has 0 aliphatic heterocycles. The average Bonchev–Trinajstić information content (AvgIpc) is 3.42. The van der Waals surface area contributed by atoms with Gasteiger partial charge in [-0.1, -0.05) is 0 Å². The molecule has 0 unspecified atom stereocenters. The van der Waals surface area contributed by atoms with Gasteiger partial charge >= 0.3 is 10.3 Å². The Morgan fingerprint density at radius 2 is 2.09 bits per heavy atom. The van der Waals surface area contributed by atoms with Gasteiger partial charge in [0.05, 0.1) is 18.2 Å². The lowest BCUT2D eigenvalue weighted by atomic mass is 10.1. The third-order valence-electron chi connectivity index (χ3n) is 5.48. The van der Waals surface area contributed by atoms with Crippen LogP contribution < -0.4 is 10.0 Å². The monoisotopic (exact) mass is 508 g/mol. The first-order chi connectivity index (χ1) is 16.6. The van der Waals surface area contributed by atoms with Crippen molar-refractivity contribution in [1.82, 2.24) is 24.5 Å². The molecule has 3 N–H and O–H groups in total. The molecular weight excluding hydrogens is 486 g/mol. The molecule has 35 heavy (non-hydrogen) atoms. The summed E-state index contributed by atoms with van der Waals surface area (Å²) < 4.78 is 58.9. The highest BCUT2D eigenvalue weighted by atomic mass is 32.2. The number of aliphatic hydroxyl groups is 1. The molecule has 1 aliphatic rings. The normalized spacial score (nSPS) is 20.2. The predicted molar refractivity (Wildman–Crippen MR) is 119 cm³/mol. The number of hydrogen-bond donors (Lipinski definition) is 3. The number of benzene rings is 1. The summed E-state index contributed by atoms with van der Waals surface area (Å²) in [4.78, 5) is 21.1. The molecular formula is C21H22F2N6O5S. The number of nitrogens with one attached hydrogen (secondary N) is 2. The van der Waals surface area contributed by atoms with Crippen LogP contribution in [-0.4, -0.2) is 64.4 Å². The SMILES string of the molecule is CNS(=O)(=O)O[C@@H]1C[C@H](Nc2ncncc2C(=O)c2ccn(Cc3cc(F)ccc3F)n2)C[C@@H]1O. The van der Waals surface area contributed by atoms with Gasteiger partial charge in [0.25, 0.3) is 0 Å². The molecule has 3 aromatic rings. The Kier molecular flexibility index (Phi) is 7.16. The number of halogens is 2. The molecule has 186 valence electrons. The van der Waals surface area contributed by atoms with E-state index in [1.807, 2.05) is 4.72 Å². The second-order valence-corrected chi connectivity index (χ2v) is 9.43. The van der Waals surface area contributed by atoms with Crippen molar-refractivity contribution < 1.29 is 31.3 Å². The van der Waals surface area contributed by atoms with Gasteiger partial charge in [-0.15, -0.1) is 0 Å². The van der Waals surface area contributed by atoms with Crippen LogP contribution in [0.2, 0.25) is 0 Å². The zero-order valence-electron chi connectivity index (χ0n) is 18.4. The minimum atomic E-state index is -3.99. The lowest BCUT2D eigenvalue weighted by Crippen LogP contribution is -2.31. The largest absolute Gasteiger partial charge is 0.390 e. The number of carbonyl (C=O) groups excluding carboxylic acids is 1. The first-order valence-electron chi connectivity index (χ1n) is 10.5. The molecule has 4 rings (SSSR count). The molecule has 1 aliphatic carbocycles. The first kappa shape index (κ1) is 24.8. The van der Waals surface area contributed by atoms with Gasteiger partial charge in [-0.3, -0.25) is 13.7 Å². The number of carbonyl (C=O) groups is 1. The van der Waals surface area contributed by atoms with Gasteiger partial charge in [0, 0.05) is 31.0 Å². The highest BCUT2D eigenvalue weighted by molar-refractivity contribution is 7.84. The van der Waals surface area contributed by atoms with Gasteiger partial charge in [-0.05, 0) is 37.1 Å². The van der Waals surface area contributed by atoms with E-state index in [2.05, 4.69) is 20.4 Å². The Balaban J connectivity index is 1.48. The van der Waals surface area contributed by atoms with E-state index in [1.54, 1.807) is 0 Å². The van der Waals surface area contributed by atoms with E-state index < -0.39 is 46.0 Å². The molecule has 14 heteroatoms. The molecule has 1 aromatic carbocycles. The van der Waals surface area contributed by atoms with E-state index in [0.29, 0.717) is 0 Å². The maximum Gasteiger partial charge on any atom is 0.335 e. The van der Waals surface area contributed by atoms with E-state index in [-0.39, 0.29) is 42.0 Å². The fourth-order valence-electron chi connectivity index (χ4n) is 3.76. The standard InChI is InChI=1S/C21H22F2N6O5S/c1-24-35(32,33)34-19-8-14(7-18(19)30)27-21-15(9-25-11-26-21)20(31)17-4-5-29(28-17)10-12-6-13(22)2-3-16(12)23/h2-6,9,11,14,18-19,24,30H,7-8,10H2,1H3,(H,25,26,27)/t14-,18+,19-/m1/s1. The van der Waals surface area contributed by atoms with Crippen molar-refractivity contribution in [2.75, 3.05) is 12.4 Å². The lowest BCUT2D eigenvalue weighted by molar-refractivity contribution is 0.0636. The van der Waals surface area contributed by atoms with Crippen molar-refractivity contribution in [3.63, 3.8) is 0 Å². The molecule has 3 atom stereocenters. The lowest BCUT2D eigenvalue weighted by Gasteiger charge is -2.15. The van der Waals surface area contributed by atoms with E-state index in [9.17, 15) is 27.1 Å². The molecule has 0 saturated heterocycles. The third kappa shape index (κ3) is 5.85. The topological polar surface area (TPSA) is 148 Å². The van der Waals surface area contributed by atoms with Crippen LogP contribution in [0.5, 0.6) is 0 Å². The number of rotatable bonds is 9. The minimum absolute atomic E-state index is 0.0347. The molecule has 0 spiro atoms. The number of anilines is 1. The van der Waals surface area contributed by atoms with Crippen molar-refractivity contribution >= 4 is 21.9 Å².